The molecule has 2 rings (SSSR count). The zero-order valence-corrected chi connectivity index (χ0v) is 17.4. The van der Waals surface area contributed by atoms with Crippen molar-refractivity contribution < 1.29 is 37.0 Å². The minimum absolute atomic E-state index is 0.0131. The zero-order valence-electron chi connectivity index (χ0n) is 15.8. The predicted octanol–water partition coefficient (Wildman–Crippen LogP) is 2.45. The molecule has 1 aromatic heterocycles. The summed E-state index contributed by atoms with van der Waals surface area (Å²) in [5, 5.41) is 0. The smallest absolute Gasteiger partial charge is 0.348 e. The van der Waals surface area contributed by atoms with Gasteiger partial charge < -0.3 is 18.9 Å². The van der Waals surface area contributed by atoms with E-state index in [1.54, 1.807) is 6.07 Å². The molecule has 0 spiro atoms. The highest BCUT2D eigenvalue weighted by Gasteiger charge is 2.33. The molecule has 1 aromatic carbocycles. The van der Waals surface area contributed by atoms with Gasteiger partial charge in [0, 0.05) is 6.07 Å². The number of thiophene rings is 1. The van der Waals surface area contributed by atoms with Crippen molar-refractivity contribution in [3.05, 3.63) is 34.2 Å². The van der Waals surface area contributed by atoms with Gasteiger partial charge >= 0.3 is 11.9 Å². The molecule has 0 saturated heterocycles. The van der Waals surface area contributed by atoms with Gasteiger partial charge in [-0.15, -0.1) is 11.3 Å². The summed E-state index contributed by atoms with van der Waals surface area (Å²) in [5.74, 6) is -1.01. The van der Waals surface area contributed by atoms with Gasteiger partial charge in [0.05, 0.1) is 39.7 Å². The minimum Gasteiger partial charge on any atom is -0.497 e. The molecule has 0 aliphatic carbocycles. The van der Waals surface area contributed by atoms with Crippen molar-refractivity contribution in [2.45, 2.75) is 11.1 Å². The van der Waals surface area contributed by atoms with Crippen LogP contribution >= 0.6 is 11.3 Å². The van der Waals surface area contributed by atoms with Crippen LogP contribution in [0.1, 0.15) is 25.6 Å². The highest BCUT2D eigenvalue weighted by Crippen LogP contribution is 2.36. The molecule has 0 aliphatic heterocycles. The van der Waals surface area contributed by atoms with Crippen molar-refractivity contribution in [1.29, 1.82) is 0 Å². The fourth-order valence-electron chi connectivity index (χ4n) is 2.39. The molecule has 28 heavy (non-hydrogen) atoms. The topological polar surface area (TPSA) is 117 Å². The summed E-state index contributed by atoms with van der Waals surface area (Å²) in [6, 6.07) is 4.55. The lowest BCUT2D eigenvalue weighted by molar-refractivity contribution is 0.0596. The first-order valence-electron chi connectivity index (χ1n) is 7.75. The van der Waals surface area contributed by atoms with Crippen LogP contribution in [0.15, 0.2) is 22.4 Å². The Hall–Kier alpha value is -2.79. The van der Waals surface area contributed by atoms with Gasteiger partial charge in [0.25, 0.3) is 10.0 Å². The molecular weight excluding hydrogens is 410 g/mol. The Morgan fingerprint density at radius 2 is 1.64 bits per heavy atom. The van der Waals surface area contributed by atoms with Crippen LogP contribution in [0.5, 0.6) is 11.5 Å². The molecule has 1 N–H and O–H groups in total. The van der Waals surface area contributed by atoms with E-state index in [1.807, 2.05) is 0 Å². The summed E-state index contributed by atoms with van der Waals surface area (Å²) in [7, 11) is 0.811. The van der Waals surface area contributed by atoms with E-state index < -0.39 is 22.0 Å². The maximum atomic E-state index is 13.0. The van der Waals surface area contributed by atoms with Gasteiger partial charge in [-0.3, -0.25) is 4.72 Å². The van der Waals surface area contributed by atoms with Gasteiger partial charge in [0.2, 0.25) is 0 Å². The van der Waals surface area contributed by atoms with E-state index in [-0.39, 0.29) is 31.7 Å². The molecule has 0 radical (unpaired) electrons. The average molecular weight is 429 g/mol. The van der Waals surface area contributed by atoms with Gasteiger partial charge in [-0.25, -0.2) is 18.0 Å². The number of hydrogen-bond donors (Lipinski definition) is 1. The molecule has 1 heterocycles. The fourth-order valence-corrected chi connectivity index (χ4v) is 5.19. The monoisotopic (exact) mass is 429 g/mol. The van der Waals surface area contributed by atoms with Crippen molar-refractivity contribution in [2.24, 2.45) is 0 Å². The number of carbonyl (C=O) groups excluding carboxylic acids is 2. The van der Waals surface area contributed by atoms with E-state index in [9.17, 15) is 18.0 Å². The largest absolute Gasteiger partial charge is 0.497 e. The second-order valence-corrected chi connectivity index (χ2v) is 8.27. The first-order chi connectivity index (χ1) is 13.2. The highest BCUT2D eigenvalue weighted by molar-refractivity contribution is 7.94. The number of benzene rings is 1. The molecule has 0 aliphatic rings. The third kappa shape index (κ3) is 4.04. The molecule has 11 heteroatoms. The van der Waals surface area contributed by atoms with E-state index in [1.165, 1.54) is 33.3 Å². The van der Waals surface area contributed by atoms with Crippen LogP contribution in [0.4, 0.5) is 5.69 Å². The molecule has 0 bridgehead atoms. The van der Waals surface area contributed by atoms with E-state index in [2.05, 4.69) is 14.2 Å². The number of methoxy groups -OCH3 is 4. The second kappa shape index (κ2) is 8.48. The van der Waals surface area contributed by atoms with Crippen molar-refractivity contribution >= 4 is 39.0 Å². The second-order valence-electron chi connectivity index (χ2n) is 5.37. The third-order valence-electron chi connectivity index (χ3n) is 3.77. The maximum absolute atomic E-state index is 13.0. The number of anilines is 1. The average Bonchev–Trinajstić information content (AvgIpc) is 3.04. The molecule has 0 fully saturated rings. The number of ether oxygens (including phenoxy) is 4. The van der Waals surface area contributed by atoms with Gasteiger partial charge in [0.1, 0.15) is 16.4 Å². The lowest BCUT2D eigenvalue weighted by atomic mass is 10.2. The number of nitrogens with one attached hydrogen (secondary N) is 1. The lowest BCUT2D eigenvalue weighted by Gasteiger charge is -2.13. The Labute approximate surface area is 166 Å². The van der Waals surface area contributed by atoms with Gasteiger partial charge in [-0.2, -0.15) is 0 Å². The third-order valence-corrected chi connectivity index (χ3v) is 6.93. The number of esters is 2. The minimum atomic E-state index is -4.28. The van der Waals surface area contributed by atoms with E-state index in [0.29, 0.717) is 17.1 Å². The molecule has 0 amide bonds. The Morgan fingerprint density at radius 1 is 1.00 bits per heavy atom. The first-order valence-corrected chi connectivity index (χ1v) is 10.0. The predicted molar refractivity (Wildman–Crippen MR) is 102 cm³/mol. The van der Waals surface area contributed by atoms with Crippen molar-refractivity contribution in [3.63, 3.8) is 0 Å². The van der Waals surface area contributed by atoms with Crippen LogP contribution in [-0.2, 0) is 19.5 Å². The maximum Gasteiger partial charge on any atom is 0.348 e. The quantitative estimate of drug-likeness (QED) is 0.667. The molecule has 9 nitrogen and oxygen atoms in total. The van der Waals surface area contributed by atoms with Crippen LogP contribution in [0, 0.1) is 6.92 Å². The van der Waals surface area contributed by atoms with Crippen LogP contribution < -0.4 is 14.2 Å². The van der Waals surface area contributed by atoms with Crippen molar-refractivity contribution in [1.82, 2.24) is 0 Å². The first kappa shape index (κ1) is 21.5. The summed E-state index contributed by atoms with van der Waals surface area (Å²) >= 11 is 0.614. The Kier molecular flexibility index (Phi) is 6.52. The van der Waals surface area contributed by atoms with Gasteiger partial charge in [-0.05, 0) is 24.6 Å². The number of hydrogen-bond acceptors (Lipinski definition) is 9. The fraction of sp³-hybridized carbons (Fsp3) is 0.294. The molecule has 152 valence electrons. The zero-order chi connectivity index (χ0) is 21.1. The van der Waals surface area contributed by atoms with Crippen LogP contribution in [0.2, 0.25) is 0 Å². The molecule has 0 atom stereocenters. The van der Waals surface area contributed by atoms with Crippen LogP contribution in [0.25, 0.3) is 0 Å². The number of sulfonamides is 1. The number of carbonyl (C=O) groups is 2. The summed E-state index contributed by atoms with van der Waals surface area (Å²) in [4.78, 5) is 24.1. The summed E-state index contributed by atoms with van der Waals surface area (Å²) in [5.41, 5.74) is 0.0206. The molecular formula is C17H19NO8S2. The molecule has 0 saturated carbocycles. The van der Waals surface area contributed by atoms with E-state index in [4.69, 9.17) is 9.47 Å². The summed E-state index contributed by atoms with van der Waals surface area (Å²) in [6.07, 6.45) is 0. The molecule has 2 aromatic rings. The van der Waals surface area contributed by atoms with Crippen LogP contribution in [0.3, 0.4) is 0 Å². The standard InChI is InChI=1S/C17H19NO8S2/c1-9-13(15(19)25-4)17(27-14(9)16(20)26-5)28(21,22)18-11-8-10(23-2)6-7-12(11)24-3/h6-8,18H,1-5H3. The Morgan fingerprint density at radius 3 is 2.18 bits per heavy atom. The summed E-state index contributed by atoms with van der Waals surface area (Å²) < 4.78 is 47.7. The van der Waals surface area contributed by atoms with E-state index in [0.717, 1.165) is 14.2 Å². The van der Waals surface area contributed by atoms with Crippen LogP contribution in [-0.4, -0.2) is 48.8 Å². The van der Waals surface area contributed by atoms with Crippen molar-refractivity contribution in [3.8, 4) is 11.5 Å². The van der Waals surface area contributed by atoms with E-state index >= 15 is 0 Å². The SMILES string of the molecule is COC(=O)c1sc(S(=O)(=O)Nc2cc(OC)ccc2OC)c(C(=O)OC)c1C. The van der Waals surface area contributed by atoms with Crippen molar-refractivity contribution in [2.75, 3.05) is 33.2 Å². The highest BCUT2D eigenvalue weighted by atomic mass is 32.2. The Balaban J connectivity index is 2.63. The number of rotatable bonds is 7. The molecule has 0 unspecified atom stereocenters. The van der Waals surface area contributed by atoms with Gasteiger partial charge in [-0.1, -0.05) is 0 Å². The summed E-state index contributed by atoms with van der Waals surface area (Å²) in [6.45, 7) is 1.44. The lowest BCUT2D eigenvalue weighted by Crippen LogP contribution is -2.16. The Bertz CT molecular complexity index is 1010. The normalized spacial score (nSPS) is 10.9. The van der Waals surface area contributed by atoms with Gasteiger partial charge in [0.15, 0.2) is 4.21 Å².